The minimum Gasteiger partial charge on any atom is -0.398 e. The van der Waals surface area contributed by atoms with E-state index < -0.39 is 5.95 Å². The third-order valence-corrected chi connectivity index (χ3v) is 1.72. The first-order chi connectivity index (χ1) is 5.77. The average molecular weight is 162 g/mol. The molecule has 0 fully saturated rings. The Morgan fingerprint density at radius 1 is 1.25 bits per heavy atom. The van der Waals surface area contributed by atoms with Gasteiger partial charge in [0.25, 0.3) is 0 Å². The first kappa shape index (κ1) is 7.03. The molecule has 0 amide bonds. The molecule has 0 aliphatic carbocycles. The van der Waals surface area contributed by atoms with E-state index in [1.165, 1.54) is 6.07 Å². The average Bonchev–Trinajstić information content (AvgIpc) is 2.04. The molecule has 1 aromatic carbocycles. The third-order valence-electron chi connectivity index (χ3n) is 1.72. The number of halogens is 1. The summed E-state index contributed by atoms with van der Waals surface area (Å²) < 4.78 is 12.7. The molecule has 1 aromatic heterocycles. The zero-order valence-electron chi connectivity index (χ0n) is 6.29. The SMILES string of the molecule is Nc1cc(F)nc2ccccc12. The smallest absolute Gasteiger partial charge is 0.215 e. The van der Waals surface area contributed by atoms with Crippen LogP contribution in [0.1, 0.15) is 0 Å². The van der Waals surface area contributed by atoms with Gasteiger partial charge in [-0.3, -0.25) is 0 Å². The highest BCUT2D eigenvalue weighted by Gasteiger charge is 2.00. The van der Waals surface area contributed by atoms with Crippen LogP contribution in [-0.2, 0) is 0 Å². The molecule has 2 N–H and O–H groups in total. The molecule has 2 rings (SSSR count). The Morgan fingerprint density at radius 3 is 2.83 bits per heavy atom. The largest absolute Gasteiger partial charge is 0.398 e. The summed E-state index contributed by atoms with van der Waals surface area (Å²) in [4.78, 5) is 3.69. The monoisotopic (exact) mass is 162 g/mol. The van der Waals surface area contributed by atoms with Crippen molar-refractivity contribution < 1.29 is 4.39 Å². The van der Waals surface area contributed by atoms with Crippen LogP contribution in [0.5, 0.6) is 0 Å². The highest BCUT2D eigenvalue weighted by Crippen LogP contribution is 2.18. The van der Waals surface area contributed by atoms with Crippen LogP contribution in [0.2, 0.25) is 0 Å². The molecule has 0 spiro atoms. The van der Waals surface area contributed by atoms with Crippen molar-refractivity contribution in [3.05, 3.63) is 36.3 Å². The van der Waals surface area contributed by atoms with Crippen molar-refractivity contribution in [3.8, 4) is 0 Å². The maximum Gasteiger partial charge on any atom is 0.215 e. The second-order valence-corrected chi connectivity index (χ2v) is 2.55. The van der Waals surface area contributed by atoms with E-state index >= 15 is 0 Å². The summed E-state index contributed by atoms with van der Waals surface area (Å²) in [5.74, 6) is -0.536. The van der Waals surface area contributed by atoms with Crippen LogP contribution in [-0.4, -0.2) is 4.98 Å². The molecule has 0 radical (unpaired) electrons. The molecule has 1 heterocycles. The van der Waals surface area contributed by atoms with Gasteiger partial charge in [-0.15, -0.1) is 0 Å². The summed E-state index contributed by atoms with van der Waals surface area (Å²) >= 11 is 0. The van der Waals surface area contributed by atoms with Crippen molar-refractivity contribution in [1.82, 2.24) is 4.98 Å². The number of nitrogens with zero attached hydrogens (tertiary/aromatic N) is 1. The molecule has 0 saturated heterocycles. The highest BCUT2D eigenvalue weighted by atomic mass is 19.1. The topological polar surface area (TPSA) is 38.9 Å². The van der Waals surface area contributed by atoms with Gasteiger partial charge in [0.2, 0.25) is 5.95 Å². The number of pyridine rings is 1. The number of aromatic nitrogens is 1. The van der Waals surface area contributed by atoms with Crippen molar-refractivity contribution in [1.29, 1.82) is 0 Å². The number of benzene rings is 1. The van der Waals surface area contributed by atoms with Gasteiger partial charge in [0.05, 0.1) is 5.52 Å². The number of rotatable bonds is 0. The molecule has 60 valence electrons. The number of anilines is 1. The summed E-state index contributed by atoms with van der Waals surface area (Å²) in [5.41, 5.74) is 6.60. The van der Waals surface area contributed by atoms with Crippen LogP contribution in [0.15, 0.2) is 30.3 Å². The van der Waals surface area contributed by atoms with Crippen molar-refractivity contribution >= 4 is 16.6 Å². The minimum absolute atomic E-state index is 0.429. The lowest BCUT2D eigenvalue weighted by atomic mass is 10.2. The Morgan fingerprint density at radius 2 is 2.00 bits per heavy atom. The molecule has 0 aliphatic heterocycles. The molecule has 12 heavy (non-hydrogen) atoms. The second kappa shape index (κ2) is 2.44. The zero-order chi connectivity index (χ0) is 8.55. The van der Waals surface area contributed by atoms with E-state index in [4.69, 9.17) is 5.73 Å². The van der Waals surface area contributed by atoms with Gasteiger partial charge in [0.1, 0.15) is 0 Å². The quantitative estimate of drug-likeness (QED) is 0.601. The maximum absolute atomic E-state index is 12.7. The van der Waals surface area contributed by atoms with E-state index in [1.807, 2.05) is 12.1 Å². The van der Waals surface area contributed by atoms with Crippen LogP contribution in [0.4, 0.5) is 10.1 Å². The summed E-state index contributed by atoms with van der Waals surface area (Å²) in [7, 11) is 0. The van der Waals surface area contributed by atoms with Crippen LogP contribution in [0, 0.1) is 5.95 Å². The van der Waals surface area contributed by atoms with Gasteiger partial charge in [-0.2, -0.15) is 4.39 Å². The number of hydrogen-bond donors (Lipinski definition) is 1. The van der Waals surface area contributed by atoms with E-state index in [1.54, 1.807) is 12.1 Å². The van der Waals surface area contributed by atoms with E-state index in [9.17, 15) is 4.39 Å². The van der Waals surface area contributed by atoms with Gasteiger partial charge < -0.3 is 5.73 Å². The molecule has 0 saturated carbocycles. The van der Waals surface area contributed by atoms with E-state index in [-0.39, 0.29) is 0 Å². The summed E-state index contributed by atoms with van der Waals surface area (Å²) in [6, 6.07) is 8.42. The van der Waals surface area contributed by atoms with E-state index in [0.29, 0.717) is 11.2 Å². The van der Waals surface area contributed by atoms with Crippen molar-refractivity contribution in [2.45, 2.75) is 0 Å². The van der Waals surface area contributed by atoms with Gasteiger partial charge in [-0.1, -0.05) is 18.2 Å². The molecule has 2 aromatic rings. The lowest BCUT2D eigenvalue weighted by Crippen LogP contribution is -1.91. The minimum atomic E-state index is -0.536. The van der Waals surface area contributed by atoms with Gasteiger partial charge in [0.15, 0.2) is 0 Å². The van der Waals surface area contributed by atoms with E-state index in [0.717, 1.165) is 5.39 Å². The van der Waals surface area contributed by atoms with Crippen molar-refractivity contribution in [3.63, 3.8) is 0 Å². The molecular weight excluding hydrogens is 155 g/mol. The van der Waals surface area contributed by atoms with Crippen LogP contribution in [0.25, 0.3) is 10.9 Å². The molecular formula is C9H7FN2. The third kappa shape index (κ3) is 0.993. The van der Waals surface area contributed by atoms with E-state index in [2.05, 4.69) is 4.98 Å². The fraction of sp³-hybridized carbons (Fsp3) is 0. The number of para-hydroxylation sites is 1. The fourth-order valence-electron chi connectivity index (χ4n) is 1.17. The van der Waals surface area contributed by atoms with Crippen LogP contribution in [0.3, 0.4) is 0 Å². The normalized spacial score (nSPS) is 10.4. The molecule has 2 nitrogen and oxygen atoms in total. The second-order valence-electron chi connectivity index (χ2n) is 2.55. The molecule has 3 heteroatoms. The Hall–Kier alpha value is -1.64. The van der Waals surface area contributed by atoms with Crippen molar-refractivity contribution in [2.75, 3.05) is 5.73 Å². The fourth-order valence-corrected chi connectivity index (χ4v) is 1.17. The van der Waals surface area contributed by atoms with Crippen molar-refractivity contribution in [2.24, 2.45) is 0 Å². The highest BCUT2D eigenvalue weighted by molar-refractivity contribution is 5.89. The molecule has 0 aliphatic rings. The summed E-state index contributed by atoms with van der Waals surface area (Å²) in [6.07, 6.45) is 0. The zero-order valence-corrected chi connectivity index (χ0v) is 6.29. The van der Waals surface area contributed by atoms with Gasteiger partial charge in [-0.05, 0) is 6.07 Å². The Kier molecular flexibility index (Phi) is 1.43. The van der Waals surface area contributed by atoms with Gasteiger partial charge >= 0.3 is 0 Å². The van der Waals surface area contributed by atoms with Gasteiger partial charge in [0, 0.05) is 17.1 Å². The Labute approximate surface area is 68.8 Å². The summed E-state index contributed by atoms with van der Waals surface area (Å²) in [5, 5.41) is 0.791. The first-order valence-electron chi connectivity index (χ1n) is 3.58. The molecule has 0 bridgehead atoms. The standard InChI is InChI=1S/C9H7FN2/c10-9-5-7(11)6-3-1-2-4-8(6)12-9/h1-5H,(H2,11,12). The Bertz CT molecular complexity index is 426. The molecule has 0 unspecified atom stereocenters. The number of nitrogens with two attached hydrogens (primary N) is 1. The van der Waals surface area contributed by atoms with Crippen LogP contribution < -0.4 is 5.73 Å². The first-order valence-corrected chi connectivity index (χ1v) is 3.58. The Balaban J connectivity index is 2.89. The lowest BCUT2D eigenvalue weighted by molar-refractivity contribution is 0.590. The molecule has 0 atom stereocenters. The number of nitrogen functional groups attached to an aromatic ring is 1. The predicted molar refractivity (Wildman–Crippen MR) is 46.1 cm³/mol. The predicted octanol–water partition coefficient (Wildman–Crippen LogP) is 1.96. The summed E-state index contributed by atoms with van der Waals surface area (Å²) in [6.45, 7) is 0. The van der Waals surface area contributed by atoms with Crippen LogP contribution >= 0.6 is 0 Å². The lowest BCUT2D eigenvalue weighted by Gasteiger charge is -1.99. The maximum atomic E-state index is 12.7. The number of fused-ring (bicyclic) bond motifs is 1. The van der Waals surface area contributed by atoms with Gasteiger partial charge in [-0.25, -0.2) is 4.98 Å². The number of hydrogen-bond acceptors (Lipinski definition) is 2.